The number of nitrogens with one attached hydrogen (secondary N) is 1. The number of fused-ring (bicyclic) bond motifs is 1. The maximum atomic E-state index is 15.3. The number of pyridine rings is 2. The summed E-state index contributed by atoms with van der Waals surface area (Å²) in [5.74, 6) is -0.158. The summed E-state index contributed by atoms with van der Waals surface area (Å²) < 4.78 is 27.4. The van der Waals surface area contributed by atoms with Gasteiger partial charge in [-0.3, -0.25) is 19.7 Å². The lowest BCUT2D eigenvalue weighted by molar-refractivity contribution is -0.126. The molecule has 0 spiro atoms. The molecular weight excluding hydrogens is 610 g/mol. The minimum Gasteiger partial charge on any atom is -0.453 e. The fourth-order valence-electron chi connectivity index (χ4n) is 5.06. The Kier molecular flexibility index (Phi) is 9.70. The van der Waals surface area contributed by atoms with Gasteiger partial charge in [0.1, 0.15) is 5.75 Å². The van der Waals surface area contributed by atoms with Crippen molar-refractivity contribution in [3.8, 4) is 22.1 Å². The lowest BCUT2D eigenvalue weighted by Crippen LogP contribution is -2.37. The smallest absolute Gasteiger partial charge is 0.233 e. The summed E-state index contributed by atoms with van der Waals surface area (Å²) in [4.78, 5) is 26.7. The van der Waals surface area contributed by atoms with Gasteiger partial charge in [0.05, 0.1) is 33.8 Å². The van der Waals surface area contributed by atoms with Gasteiger partial charge in [-0.25, -0.2) is 4.39 Å². The lowest BCUT2D eigenvalue weighted by Gasteiger charge is -2.20. The van der Waals surface area contributed by atoms with E-state index in [4.69, 9.17) is 21.7 Å². The molecule has 0 atom stereocenters. The van der Waals surface area contributed by atoms with Crippen LogP contribution in [0.2, 0.25) is 0 Å². The van der Waals surface area contributed by atoms with Gasteiger partial charge in [0.15, 0.2) is 16.7 Å². The van der Waals surface area contributed by atoms with E-state index in [1.165, 1.54) is 17.4 Å². The molecule has 1 saturated heterocycles. The van der Waals surface area contributed by atoms with Crippen molar-refractivity contribution in [2.24, 2.45) is 0 Å². The second-order valence-electron chi connectivity index (χ2n) is 10.4. The molecule has 4 heterocycles. The van der Waals surface area contributed by atoms with Crippen molar-refractivity contribution in [3.05, 3.63) is 102 Å². The summed E-state index contributed by atoms with van der Waals surface area (Å²) >= 11 is 7.07. The molecule has 0 radical (unpaired) electrons. The molecule has 11 heteroatoms. The maximum absolute atomic E-state index is 15.3. The highest BCUT2D eigenvalue weighted by molar-refractivity contribution is 7.80. The van der Waals surface area contributed by atoms with E-state index in [1.807, 2.05) is 66.6 Å². The first-order chi connectivity index (χ1) is 22.0. The third-order valence-corrected chi connectivity index (χ3v) is 8.96. The predicted octanol–water partition coefficient (Wildman–Crippen LogP) is 6.59. The predicted molar refractivity (Wildman–Crippen MR) is 179 cm³/mol. The Morgan fingerprint density at radius 3 is 2.64 bits per heavy atom. The van der Waals surface area contributed by atoms with Crippen LogP contribution < -0.4 is 15.0 Å². The van der Waals surface area contributed by atoms with Crippen LogP contribution in [-0.4, -0.2) is 58.7 Å². The molecule has 1 amide bonds. The van der Waals surface area contributed by atoms with E-state index in [0.29, 0.717) is 49.3 Å². The molecule has 1 aliphatic rings. The number of rotatable bonds is 12. The van der Waals surface area contributed by atoms with E-state index in [-0.39, 0.29) is 18.1 Å². The molecule has 0 aliphatic carbocycles. The maximum Gasteiger partial charge on any atom is 0.233 e. The minimum atomic E-state index is -0.552. The van der Waals surface area contributed by atoms with Crippen LogP contribution >= 0.6 is 23.6 Å². The molecule has 0 unspecified atom stereocenters. The molecule has 1 aliphatic heterocycles. The summed E-state index contributed by atoms with van der Waals surface area (Å²) in [5.41, 5.74) is 4.13. The van der Waals surface area contributed by atoms with Crippen molar-refractivity contribution < 1.29 is 18.7 Å². The van der Waals surface area contributed by atoms with Gasteiger partial charge in [0.25, 0.3) is 0 Å². The summed E-state index contributed by atoms with van der Waals surface area (Å²) in [7, 11) is 0. The molecule has 6 rings (SSSR count). The number of hydrogen-bond donors (Lipinski definition) is 1. The van der Waals surface area contributed by atoms with Crippen molar-refractivity contribution in [2.75, 3.05) is 37.7 Å². The number of thiophene rings is 1. The number of nitrogens with zero attached hydrogens (tertiary/aromatic N) is 4. The summed E-state index contributed by atoms with van der Waals surface area (Å²) in [6.45, 7) is 5.97. The highest BCUT2D eigenvalue weighted by Gasteiger charge is 2.30. The number of aromatic nitrogens is 2. The quantitative estimate of drug-likeness (QED) is 0.121. The van der Waals surface area contributed by atoms with E-state index in [9.17, 15) is 4.79 Å². The average Bonchev–Trinajstić information content (AvgIpc) is 3.67. The third kappa shape index (κ3) is 7.18. The lowest BCUT2D eigenvalue weighted by atomic mass is 10.1. The Morgan fingerprint density at radius 1 is 1.02 bits per heavy atom. The van der Waals surface area contributed by atoms with Crippen molar-refractivity contribution in [2.45, 2.75) is 19.9 Å². The van der Waals surface area contributed by atoms with Crippen molar-refractivity contribution in [1.82, 2.24) is 20.2 Å². The SMILES string of the molecule is CCOCCNCc1ccc(-c2cc3nccc(Oc4ccc(CC(=O)N5CCN(c6ccccc6)C5=S)cc4F)c3s2)nc1. The molecule has 45 heavy (non-hydrogen) atoms. The molecule has 0 saturated carbocycles. The minimum absolute atomic E-state index is 0.0306. The van der Waals surface area contributed by atoms with Crippen LogP contribution in [0.3, 0.4) is 0 Å². The number of thiocarbonyl (C=S) groups is 1. The van der Waals surface area contributed by atoms with Crippen LogP contribution in [0.25, 0.3) is 20.8 Å². The first kappa shape index (κ1) is 30.7. The molecule has 1 fully saturated rings. The van der Waals surface area contributed by atoms with Crippen molar-refractivity contribution in [1.29, 1.82) is 0 Å². The Hall–Kier alpha value is -4.29. The molecule has 8 nitrogen and oxygen atoms in total. The van der Waals surface area contributed by atoms with Gasteiger partial charge in [0.2, 0.25) is 5.91 Å². The summed E-state index contributed by atoms with van der Waals surface area (Å²) in [6, 6.07) is 22.0. The van der Waals surface area contributed by atoms with E-state index in [0.717, 1.165) is 38.6 Å². The zero-order valence-electron chi connectivity index (χ0n) is 24.7. The highest BCUT2D eigenvalue weighted by atomic mass is 32.1. The molecule has 230 valence electrons. The number of anilines is 1. The van der Waals surface area contributed by atoms with Gasteiger partial charge >= 0.3 is 0 Å². The molecule has 5 aromatic rings. The first-order valence-corrected chi connectivity index (χ1v) is 16.0. The zero-order chi connectivity index (χ0) is 31.2. The molecule has 1 N–H and O–H groups in total. The van der Waals surface area contributed by atoms with Gasteiger partial charge in [-0.1, -0.05) is 30.3 Å². The number of benzene rings is 2. The zero-order valence-corrected chi connectivity index (χ0v) is 26.4. The number of halogens is 1. The van der Waals surface area contributed by atoms with E-state index in [2.05, 4.69) is 15.3 Å². The second-order valence-corrected chi connectivity index (χ2v) is 11.8. The number of ether oxygens (including phenoxy) is 2. The van der Waals surface area contributed by atoms with Crippen LogP contribution in [0.5, 0.6) is 11.5 Å². The van der Waals surface area contributed by atoms with Crippen LogP contribution in [0.15, 0.2) is 85.2 Å². The fraction of sp³-hybridized carbons (Fsp3) is 0.235. The first-order valence-electron chi connectivity index (χ1n) is 14.8. The average molecular weight is 642 g/mol. The summed E-state index contributed by atoms with van der Waals surface area (Å²) in [5, 5.41) is 3.80. The largest absolute Gasteiger partial charge is 0.453 e. The number of carbonyl (C=O) groups excluding carboxylic acids is 1. The normalized spacial score (nSPS) is 13.2. The van der Waals surface area contributed by atoms with E-state index in [1.54, 1.807) is 29.3 Å². The van der Waals surface area contributed by atoms with Crippen molar-refractivity contribution >= 4 is 50.5 Å². The van der Waals surface area contributed by atoms with Crippen molar-refractivity contribution in [3.63, 3.8) is 0 Å². The number of carbonyl (C=O) groups is 1. The topological polar surface area (TPSA) is 79.8 Å². The van der Waals surface area contributed by atoms with Crippen LogP contribution in [-0.2, 0) is 22.5 Å². The van der Waals surface area contributed by atoms with E-state index < -0.39 is 5.82 Å². The standard InChI is InChI=1S/C34H32FN5O3S2/c1-2-42-17-14-36-21-24-8-10-27(38-22-24)31-20-28-33(45-31)30(12-13-37-28)43-29-11-9-23(18-26(29)35)19-32(41)40-16-15-39(34(40)44)25-6-4-3-5-7-25/h3-13,18,20,22,36H,2,14-17,19,21H2,1H3. The third-order valence-electron chi connectivity index (χ3n) is 7.36. The number of para-hydroxylation sites is 1. The van der Waals surface area contributed by atoms with Crippen LogP contribution in [0.4, 0.5) is 10.1 Å². The molecule has 0 bridgehead atoms. The molecular formula is C34H32FN5O3S2. The van der Waals surface area contributed by atoms with Gasteiger partial charge in [-0.05, 0) is 66.7 Å². The Bertz CT molecular complexity index is 1800. The number of hydrogen-bond acceptors (Lipinski definition) is 8. The van der Waals surface area contributed by atoms with Gasteiger partial charge in [-0.2, -0.15) is 0 Å². The van der Waals surface area contributed by atoms with Gasteiger partial charge < -0.3 is 19.7 Å². The number of amides is 1. The Morgan fingerprint density at radius 2 is 1.87 bits per heavy atom. The van der Waals surface area contributed by atoms with E-state index >= 15 is 4.39 Å². The second kappa shape index (κ2) is 14.2. The monoisotopic (exact) mass is 641 g/mol. The fourth-order valence-corrected chi connectivity index (χ4v) is 6.49. The van der Waals surface area contributed by atoms with Gasteiger partial charge in [0, 0.05) is 56.9 Å². The molecule has 2 aromatic carbocycles. The Labute approximate surface area is 270 Å². The highest BCUT2D eigenvalue weighted by Crippen LogP contribution is 2.39. The Balaban J connectivity index is 1.10. The van der Waals surface area contributed by atoms with Gasteiger partial charge in [-0.15, -0.1) is 11.3 Å². The summed E-state index contributed by atoms with van der Waals surface area (Å²) in [6.07, 6.45) is 3.53. The van der Waals surface area contributed by atoms with Crippen LogP contribution in [0.1, 0.15) is 18.1 Å². The molecule has 3 aromatic heterocycles. The van der Waals surface area contributed by atoms with Crippen LogP contribution in [0, 0.1) is 5.82 Å².